The molecule has 0 aliphatic carbocycles. The Labute approximate surface area is 497 Å². The van der Waals surface area contributed by atoms with Crippen molar-refractivity contribution in [2.24, 2.45) is 0 Å². The molecule has 0 aliphatic rings. The van der Waals surface area contributed by atoms with E-state index in [2.05, 4.69) is 191 Å². The third kappa shape index (κ3) is 65.2. The van der Waals surface area contributed by atoms with Gasteiger partial charge in [-0.3, -0.25) is 14.4 Å². The van der Waals surface area contributed by atoms with Crippen LogP contribution in [0.5, 0.6) is 0 Å². The summed E-state index contributed by atoms with van der Waals surface area (Å²) in [4.78, 5) is 38.2. The Bertz CT molecular complexity index is 1900. The van der Waals surface area contributed by atoms with Crippen LogP contribution in [0, 0.1) is 0 Å². The molecule has 0 amide bonds. The van der Waals surface area contributed by atoms with Gasteiger partial charge >= 0.3 is 17.9 Å². The van der Waals surface area contributed by atoms with Crippen LogP contribution in [-0.4, -0.2) is 37.2 Å². The van der Waals surface area contributed by atoms with E-state index in [0.717, 1.165) is 122 Å². The van der Waals surface area contributed by atoms with Gasteiger partial charge in [0.2, 0.25) is 0 Å². The van der Waals surface area contributed by atoms with E-state index in [1.54, 1.807) is 6.08 Å². The lowest BCUT2D eigenvalue weighted by Gasteiger charge is -2.18. The van der Waals surface area contributed by atoms with Gasteiger partial charge in [-0.15, -0.1) is 0 Å². The molecule has 6 heteroatoms. The van der Waals surface area contributed by atoms with E-state index in [-0.39, 0.29) is 38.0 Å². The quantitative estimate of drug-likeness (QED) is 0.0261. The van der Waals surface area contributed by atoms with Crippen LogP contribution < -0.4 is 0 Å². The van der Waals surface area contributed by atoms with Gasteiger partial charge in [-0.05, 0) is 122 Å². The van der Waals surface area contributed by atoms with Gasteiger partial charge in [0.15, 0.2) is 6.10 Å². The minimum absolute atomic E-state index is 0.0799. The molecule has 0 rings (SSSR count). The van der Waals surface area contributed by atoms with Crippen LogP contribution >= 0.6 is 0 Å². The van der Waals surface area contributed by atoms with Crippen molar-refractivity contribution in [1.82, 2.24) is 0 Å². The Balaban J connectivity index is 4.47. The third-order valence-electron chi connectivity index (χ3n) is 12.9. The average Bonchev–Trinajstić information content (AvgIpc) is 3.47. The molecule has 81 heavy (non-hydrogen) atoms. The molecule has 0 aromatic rings. The summed E-state index contributed by atoms with van der Waals surface area (Å²) < 4.78 is 16.7. The van der Waals surface area contributed by atoms with Gasteiger partial charge < -0.3 is 14.2 Å². The summed E-state index contributed by atoms with van der Waals surface area (Å²) in [7, 11) is 0. The van der Waals surface area contributed by atoms with Gasteiger partial charge in [-0.25, -0.2) is 0 Å². The number of hydrogen-bond donors (Lipinski definition) is 0. The van der Waals surface area contributed by atoms with Crippen LogP contribution in [0.4, 0.5) is 0 Å². The second kappa shape index (κ2) is 67.0. The summed E-state index contributed by atoms with van der Waals surface area (Å²) in [6.45, 7) is 6.28. The number of rotatable bonds is 56. The molecule has 0 aliphatic heterocycles. The smallest absolute Gasteiger partial charge is 0.310 e. The van der Waals surface area contributed by atoms with Gasteiger partial charge in [-0.1, -0.05) is 293 Å². The van der Waals surface area contributed by atoms with E-state index in [1.165, 1.54) is 77.0 Å². The summed E-state index contributed by atoms with van der Waals surface area (Å²) in [5, 5.41) is 0. The van der Waals surface area contributed by atoms with Crippen molar-refractivity contribution in [2.75, 3.05) is 13.2 Å². The molecule has 0 saturated heterocycles. The van der Waals surface area contributed by atoms with Crippen molar-refractivity contribution < 1.29 is 28.6 Å². The maximum atomic E-state index is 12.8. The van der Waals surface area contributed by atoms with Crippen molar-refractivity contribution in [3.8, 4) is 0 Å². The highest BCUT2D eigenvalue weighted by Gasteiger charge is 2.19. The number of carbonyl (C=O) groups excluding carboxylic acids is 3. The second-order valence-corrected chi connectivity index (χ2v) is 20.6. The lowest BCUT2D eigenvalue weighted by Crippen LogP contribution is -2.30. The Morgan fingerprint density at radius 1 is 0.272 bits per heavy atom. The van der Waals surface area contributed by atoms with Crippen molar-refractivity contribution in [3.05, 3.63) is 182 Å². The molecule has 0 radical (unpaired) electrons. The molecule has 1 atom stereocenters. The van der Waals surface area contributed by atoms with Gasteiger partial charge in [0, 0.05) is 12.8 Å². The van der Waals surface area contributed by atoms with E-state index in [1.807, 2.05) is 6.08 Å². The van der Waals surface area contributed by atoms with Crippen molar-refractivity contribution in [2.45, 2.75) is 258 Å². The van der Waals surface area contributed by atoms with Crippen molar-refractivity contribution in [3.63, 3.8) is 0 Å². The maximum absolute atomic E-state index is 12.8. The number of hydrogen-bond acceptors (Lipinski definition) is 6. The Morgan fingerprint density at radius 3 is 0.815 bits per heavy atom. The van der Waals surface area contributed by atoms with Crippen LogP contribution in [-0.2, 0) is 28.6 Å². The van der Waals surface area contributed by atoms with Crippen molar-refractivity contribution >= 4 is 17.9 Å². The zero-order valence-electron chi connectivity index (χ0n) is 51.7. The number of ether oxygens (including phenoxy) is 3. The SMILES string of the molecule is CC/C=C\C/C=C\C/C=C\C/C=C\C/C=C\C/C=C\C/C=C\C/C=C\C/C=C\C/C=C\CCCCC(=O)OCC(COC(=O)CCCCCCCCCCCCCCCCC)OC(=O)C/C=C\C/C=C\C/C=C\C/C=C\C/C=C\CC. The highest BCUT2D eigenvalue weighted by molar-refractivity contribution is 5.72. The molecule has 0 aromatic carbocycles. The van der Waals surface area contributed by atoms with Crippen LogP contribution in [0.3, 0.4) is 0 Å². The zero-order chi connectivity index (χ0) is 58.5. The summed E-state index contributed by atoms with van der Waals surface area (Å²) in [5.74, 6) is -1.12. The lowest BCUT2D eigenvalue weighted by atomic mass is 10.0. The van der Waals surface area contributed by atoms with E-state index in [9.17, 15) is 14.4 Å². The molecule has 0 bridgehead atoms. The lowest BCUT2D eigenvalue weighted by molar-refractivity contribution is -0.166. The number of carbonyl (C=O) groups is 3. The molecule has 0 N–H and O–H groups in total. The van der Waals surface area contributed by atoms with Gasteiger partial charge in [0.1, 0.15) is 13.2 Å². The first-order chi connectivity index (χ1) is 40.0. The largest absolute Gasteiger partial charge is 0.462 e. The van der Waals surface area contributed by atoms with E-state index < -0.39 is 12.1 Å². The van der Waals surface area contributed by atoms with E-state index in [4.69, 9.17) is 14.2 Å². The molecular weight excluding hydrogens is 997 g/mol. The zero-order valence-corrected chi connectivity index (χ0v) is 51.7. The van der Waals surface area contributed by atoms with Crippen LogP contribution in [0.2, 0.25) is 0 Å². The molecular formula is C75H116O6. The first-order valence-corrected chi connectivity index (χ1v) is 32.3. The summed E-state index contributed by atoms with van der Waals surface area (Å²) in [6, 6.07) is 0. The van der Waals surface area contributed by atoms with E-state index in [0.29, 0.717) is 19.3 Å². The fourth-order valence-corrected chi connectivity index (χ4v) is 8.19. The van der Waals surface area contributed by atoms with E-state index >= 15 is 0 Å². The number of unbranched alkanes of at least 4 members (excludes halogenated alkanes) is 16. The first-order valence-electron chi connectivity index (χ1n) is 32.3. The number of esters is 3. The van der Waals surface area contributed by atoms with Crippen LogP contribution in [0.25, 0.3) is 0 Å². The summed E-state index contributed by atoms with van der Waals surface area (Å²) >= 11 is 0. The molecule has 0 aromatic heterocycles. The highest BCUT2D eigenvalue weighted by atomic mass is 16.6. The summed E-state index contributed by atoms with van der Waals surface area (Å²) in [6.07, 6.45) is 101. The maximum Gasteiger partial charge on any atom is 0.310 e. The third-order valence-corrected chi connectivity index (χ3v) is 12.9. The second-order valence-electron chi connectivity index (χ2n) is 20.6. The average molecular weight is 1110 g/mol. The standard InChI is InChI=1S/C75H116O6/c1-4-7-10-13-16-19-22-25-28-29-30-31-32-33-34-35-36-37-38-39-40-41-42-43-44-45-48-50-53-56-59-62-65-68-74(77)80-71-72(81-75(78)69-66-63-60-57-54-51-47-27-24-21-18-15-12-9-6-3)70-79-73(76)67-64-61-58-55-52-49-46-26-23-20-17-14-11-8-5-2/h7,9-10,12,16,18-19,21,25,27-28,30-31,33-34,36-37,39-40,42-43,45,47-48,53-54,56-57,63,66,72H,4-6,8,11,13-15,17,20,22-24,26,29,32,35,38,41,44,46,49-52,55,58-62,64-65,67-71H2,1-3H3/b10-7-,12-9-,19-16-,21-18-,28-25-,31-30-,34-33-,37-36-,40-39-,43-42-,47-27-,48-45-,56-53-,57-54-,66-63-. The van der Waals surface area contributed by atoms with Gasteiger partial charge in [0.05, 0.1) is 6.42 Å². The van der Waals surface area contributed by atoms with Crippen LogP contribution in [0.1, 0.15) is 252 Å². The van der Waals surface area contributed by atoms with Gasteiger partial charge in [0.25, 0.3) is 0 Å². The molecule has 0 fully saturated rings. The topological polar surface area (TPSA) is 78.9 Å². The molecule has 452 valence electrons. The molecule has 1 unspecified atom stereocenters. The predicted molar refractivity (Wildman–Crippen MR) is 352 cm³/mol. The minimum Gasteiger partial charge on any atom is -0.462 e. The molecule has 0 heterocycles. The normalized spacial score (nSPS) is 13.4. The minimum atomic E-state index is -0.859. The van der Waals surface area contributed by atoms with Crippen LogP contribution in [0.15, 0.2) is 182 Å². The Morgan fingerprint density at radius 2 is 0.519 bits per heavy atom. The predicted octanol–water partition coefficient (Wildman–Crippen LogP) is 22.4. The van der Waals surface area contributed by atoms with Crippen molar-refractivity contribution in [1.29, 1.82) is 0 Å². The summed E-state index contributed by atoms with van der Waals surface area (Å²) in [5.41, 5.74) is 0. The molecule has 6 nitrogen and oxygen atoms in total. The Kier molecular flexibility index (Phi) is 62.5. The fourth-order valence-electron chi connectivity index (χ4n) is 8.19. The highest BCUT2D eigenvalue weighted by Crippen LogP contribution is 2.15. The molecule has 0 saturated carbocycles. The fraction of sp³-hybridized carbons (Fsp3) is 0.560. The monoisotopic (exact) mass is 1110 g/mol. The molecule has 0 spiro atoms. The Hall–Kier alpha value is -5.49. The van der Waals surface area contributed by atoms with Gasteiger partial charge in [-0.2, -0.15) is 0 Å². The number of allylic oxidation sites excluding steroid dienone is 29. The first kappa shape index (κ1) is 75.5.